The number of hydrogen-bond donors (Lipinski definition) is 1. The number of aromatic nitrogens is 1. The standard InChI is InChI=1S/C13H17FN2O/c1-2-13(5-3-6-16-9-13)12(17)10-4-7-15-8-11(10)14/h4,7-8,16H,2-3,5-6,9H2,1H3. The number of ketones is 1. The Morgan fingerprint density at radius 1 is 1.65 bits per heavy atom. The van der Waals surface area contributed by atoms with Gasteiger partial charge in [0.25, 0.3) is 0 Å². The van der Waals surface area contributed by atoms with Crippen molar-refractivity contribution in [2.24, 2.45) is 5.41 Å². The van der Waals surface area contributed by atoms with Crippen LogP contribution in [0.3, 0.4) is 0 Å². The first-order valence-corrected chi connectivity index (χ1v) is 6.05. The summed E-state index contributed by atoms with van der Waals surface area (Å²) in [5.41, 5.74) is -0.272. The van der Waals surface area contributed by atoms with Crippen molar-refractivity contribution in [1.82, 2.24) is 10.3 Å². The SMILES string of the molecule is CCC1(C(=O)c2ccncc2F)CCCNC1. The van der Waals surface area contributed by atoms with Crippen molar-refractivity contribution in [3.05, 3.63) is 29.8 Å². The van der Waals surface area contributed by atoms with Crippen LogP contribution in [0.15, 0.2) is 18.5 Å². The van der Waals surface area contributed by atoms with Crippen LogP contribution in [0, 0.1) is 11.2 Å². The van der Waals surface area contributed by atoms with Crippen LogP contribution in [0.2, 0.25) is 0 Å². The first-order chi connectivity index (χ1) is 8.19. The molecule has 3 nitrogen and oxygen atoms in total. The summed E-state index contributed by atoms with van der Waals surface area (Å²) in [5.74, 6) is -0.608. The van der Waals surface area contributed by atoms with E-state index in [1.807, 2.05) is 6.92 Å². The molecule has 1 aliphatic heterocycles. The summed E-state index contributed by atoms with van der Waals surface area (Å²) in [5, 5.41) is 3.24. The highest BCUT2D eigenvalue weighted by Gasteiger charge is 2.39. The van der Waals surface area contributed by atoms with Crippen molar-refractivity contribution < 1.29 is 9.18 Å². The lowest BCUT2D eigenvalue weighted by Gasteiger charge is -2.35. The minimum atomic E-state index is -0.518. The zero-order valence-electron chi connectivity index (χ0n) is 10.0. The van der Waals surface area contributed by atoms with E-state index in [2.05, 4.69) is 10.3 Å². The molecule has 1 unspecified atom stereocenters. The smallest absolute Gasteiger partial charge is 0.173 e. The molecule has 92 valence electrons. The van der Waals surface area contributed by atoms with E-state index in [1.165, 1.54) is 12.3 Å². The van der Waals surface area contributed by atoms with Gasteiger partial charge in [-0.05, 0) is 31.9 Å². The molecule has 1 aromatic heterocycles. The third kappa shape index (κ3) is 2.22. The summed E-state index contributed by atoms with van der Waals surface area (Å²) in [6.45, 7) is 3.57. The summed E-state index contributed by atoms with van der Waals surface area (Å²) in [6, 6.07) is 1.48. The number of pyridine rings is 1. The summed E-state index contributed by atoms with van der Waals surface area (Å²) < 4.78 is 13.6. The molecule has 0 aliphatic carbocycles. The van der Waals surface area contributed by atoms with Gasteiger partial charge in [0.2, 0.25) is 0 Å². The largest absolute Gasteiger partial charge is 0.316 e. The Balaban J connectivity index is 2.32. The van der Waals surface area contributed by atoms with Gasteiger partial charge >= 0.3 is 0 Å². The number of carbonyl (C=O) groups excluding carboxylic acids is 1. The van der Waals surface area contributed by atoms with E-state index < -0.39 is 11.2 Å². The highest BCUT2D eigenvalue weighted by atomic mass is 19.1. The van der Waals surface area contributed by atoms with Crippen LogP contribution in [-0.2, 0) is 0 Å². The van der Waals surface area contributed by atoms with Crippen LogP contribution in [0.25, 0.3) is 0 Å². The number of nitrogens with one attached hydrogen (secondary N) is 1. The monoisotopic (exact) mass is 236 g/mol. The maximum absolute atomic E-state index is 13.6. The Bertz CT molecular complexity index is 414. The molecule has 1 fully saturated rings. The molecule has 17 heavy (non-hydrogen) atoms. The second-order valence-corrected chi connectivity index (χ2v) is 4.60. The van der Waals surface area contributed by atoms with Gasteiger partial charge in [0.15, 0.2) is 11.6 Å². The third-order valence-corrected chi connectivity index (χ3v) is 3.65. The molecule has 0 aromatic carbocycles. The molecule has 2 rings (SSSR count). The molecule has 1 aromatic rings. The Morgan fingerprint density at radius 3 is 3.06 bits per heavy atom. The Labute approximate surface area is 100 Å². The molecule has 1 saturated heterocycles. The molecule has 0 spiro atoms. The second kappa shape index (κ2) is 4.92. The van der Waals surface area contributed by atoms with Gasteiger partial charge < -0.3 is 5.32 Å². The number of piperidine rings is 1. The molecular weight excluding hydrogens is 219 g/mol. The fourth-order valence-corrected chi connectivity index (χ4v) is 2.47. The molecule has 1 aliphatic rings. The molecule has 1 N–H and O–H groups in total. The van der Waals surface area contributed by atoms with E-state index in [9.17, 15) is 9.18 Å². The molecular formula is C13H17FN2O. The van der Waals surface area contributed by atoms with Crippen LogP contribution in [0.4, 0.5) is 4.39 Å². The van der Waals surface area contributed by atoms with Crippen molar-refractivity contribution in [2.75, 3.05) is 13.1 Å². The molecule has 1 atom stereocenters. The number of nitrogens with zero attached hydrogens (tertiary/aromatic N) is 1. The number of Topliss-reactive ketones (excluding diaryl/α,β-unsaturated/α-hetero) is 1. The molecule has 0 amide bonds. The van der Waals surface area contributed by atoms with Gasteiger partial charge in [-0.25, -0.2) is 4.39 Å². The van der Waals surface area contributed by atoms with Crippen LogP contribution in [0.5, 0.6) is 0 Å². The number of rotatable bonds is 3. The lowest BCUT2D eigenvalue weighted by Crippen LogP contribution is -2.45. The summed E-state index contributed by atoms with van der Waals surface area (Å²) >= 11 is 0. The summed E-state index contributed by atoms with van der Waals surface area (Å²) in [7, 11) is 0. The van der Waals surface area contributed by atoms with Crippen molar-refractivity contribution in [2.45, 2.75) is 26.2 Å². The predicted octanol–water partition coefficient (Wildman–Crippen LogP) is 2.18. The normalized spacial score (nSPS) is 24.6. The van der Waals surface area contributed by atoms with E-state index in [4.69, 9.17) is 0 Å². The number of hydrogen-bond acceptors (Lipinski definition) is 3. The van der Waals surface area contributed by atoms with Crippen molar-refractivity contribution in [1.29, 1.82) is 0 Å². The van der Waals surface area contributed by atoms with Crippen LogP contribution in [-0.4, -0.2) is 23.9 Å². The van der Waals surface area contributed by atoms with Gasteiger partial charge in [0, 0.05) is 18.2 Å². The highest BCUT2D eigenvalue weighted by Crippen LogP contribution is 2.34. The topological polar surface area (TPSA) is 42.0 Å². The van der Waals surface area contributed by atoms with Crippen LogP contribution in [0.1, 0.15) is 36.5 Å². The number of carbonyl (C=O) groups is 1. The van der Waals surface area contributed by atoms with E-state index >= 15 is 0 Å². The van der Waals surface area contributed by atoms with Crippen molar-refractivity contribution in [3.8, 4) is 0 Å². The predicted molar refractivity (Wildman–Crippen MR) is 63.4 cm³/mol. The van der Waals surface area contributed by atoms with Gasteiger partial charge in [-0.1, -0.05) is 6.92 Å². The first kappa shape index (κ1) is 12.2. The zero-order valence-corrected chi connectivity index (χ0v) is 10.0. The van der Waals surface area contributed by atoms with Gasteiger partial charge in [-0.2, -0.15) is 0 Å². The van der Waals surface area contributed by atoms with Gasteiger partial charge in [0.1, 0.15) is 0 Å². The van der Waals surface area contributed by atoms with Gasteiger partial charge in [-0.3, -0.25) is 9.78 Å². The average Bonchev–Trinajstić information content (AvgIpc) is 2.39. The molecule has 2 heterocycles. The highest BCUT2D eigenvalue weighted by molar-refractivity contribution is 6.00. The minimum Gasteiger partial charge on any atom is -0.316 e. The lowest BCUT2D eigenvalue weighted by molar-refractivity contribution is 0.0726. The Morgan fingerprint density at radius 2 is 2.47 bits per heavy atom. The molecule has 0 saturated carbocycles. The number of halogens is 1. The lowest BCUT2D eigenvalue weighted by atomic mass is 9.73. The van der Waals surface area contributed by atoms with E-state index in [0.29, 0.717) is 6.54 Å². The van der Waals surface area contributed by atoms with Gasteiger partial charge in [0.05, 0.1) is 11.8 Å². The van der Waals surface area contributed by atoms with Crippen LogP contribution < -0.4 is 5.32 Å². The first-order valence-electron chi connectivity index (χ1n) is 6.05. The molecule has 0 radical (unpaired) electrons. The van der Waals surface area contributed by atoms with Crippen molar-refractivity contribution in [3.63, 3.8) is 0 Å². The van der Waals surface area contributed by atoms with E-state index in [1.54, 1.807) is 0 Å². The zero-order chi connectivity index (χ0) is 12.3. The van der Waals surface area contributed by atoms with Gasteiger partial charge in [-0.15, -0.1) is 0 Å². The Hall–Kier alpha value is -1.29. The molecule has 4 heteroatoms. The van der Waals surface area contributed by atoms with E-state index in [-0.39, 0.29) is 11.3 Å². The third-order valence-electron chi connectivity index (χ3n) is 3.65. The maximum Gasteiger partial charge on any atom is 0.173 e. The van der Waals surface area contributed by atoms with Crippen LogP contribution >= 0.6 is 0 Å². The molecule has 0 bridgehead atoms. The van der Waals surface area contributed by atoms with Crippen molar-refractivity contribution >= 4 is 5.78 Å². The summed E-state index contributed by atoms with van der Waals surface area (Å²) in [4.78, 5) is 16.1. The maximum atomic E-state index is 13.6. The Kier molecular flexibility index (Phi) is 3.52. The second-order valence-electron chi connectivity index (χ2n) is 4.60. The quantitative estimate of drug-likeness (QED) is 0.818. The summed E-state index contributed by atoms with van der Waals surface area (Å²) in [6.07, 6.45) is 5.10. The fourth-order valence-electron chi connectivity index (χ4n) is 2.47. The average molecular weight is 236 g/mol. The van der Waals surface area contributed by atoms with E-state index in [0.717, 1.165) is 32.0 Å². The fraction of sp³-hybridized carbons (Fsp3) is 0.538. The minimum absolute atomic E-state index is 0.0906.